The van der Waals surface area contributed by atoms with E-state index in [4.69, 9.17) is 4.52 Å². The Bertz CT molecular complexity index is 1040. The molecule has 1 amide bonds. The van der Waals surface area contributed by atoms with E-state index < -0.39 is 17.7 Å². The molecule has 2 aromatic carbocycles. The lowest BCUT2D eigenvalue weighted by Crippen LogP contribution is -2.35. The molecule has 1 aliphatic rings. The number of hydrogen-bond acceptors (Lipinski definition) is 3. The SMILES string of the molecule is Cc1c(-c2ccc(F)cc2F)noc1C1c2ccccc2C(=O)N1C(C)C. The quantitative estimate of drug-likeness (QED) is 0.662. The Morgan fingerprint density at radius 1 is 1.11 bits per heavy atom. The topological polar surface area (TPSA) is 46.3 Å². The van der Waals surface area contributed by atoms with Crippen molar-refractivity contribution >= 4 is 5.91 Å². The molecule has 0 radical (unpaired) electrons. The molecule has 27 heavy (non-hydrogen) atoms. The molecule has 1 aromatic heterocycles. The highest BCUT2D eigenvalue weighted by molar-refractivity contribution is 6.00. The molecule has 0 saturated carbocycles. The predicted molar refractivity (Wildman–Crippen MR) is 96.2 cm³/mol. The average molecular weight is 368 g/mol. The first-order chi connectivity index (χ1) is 12.9. The zero-order valence-electron chi connectivity index (χ0n) is 15.2. The largest absolute Gasteiger partial charge is 0.358 e. The number of fused-ring (bicyclic) bond motifs is 1. The van der Waals surface area contributed by atoms with Crippen LogP contribution in [-0.2, 0) is 0 Å². The van der Waals surface area contributed by atoms with Crippen LogP contribution in [-0.4, -0.2) is 22.0 Å². The zero-order chi connectivity index (χ0) is 19.3. The van der Waals surface area contributed by atoms with Crippen molar-refractivity contribution in [1.29, 1.82) is 0 Å². The Kier molecular flexibility index (Phi) is 4.06. The lowest BCUT2D eigenvalue weighted by Gasteiger charge is -2.27. The van der Waals surface area contributed by atoms with Gasteiger partial charge in [0.25, 0.3) is 5.91 Å². The zero-order valence-corrected chi connectivity index (χ0v) is 15.2. The van der Waals surface area contributed by atoms with Gasteiger partial charge in [-0.05, 0) is 44.5 Å². The monoisotopic (exact) mass is 368 g/mol. The molecule has 4 nitrogen and oxygen atoms in total. The molecule has 0 N–H and O–H groups in total. The number of amides is 1. The second-order valence-corrected chi connectivity index (χ2v) is 6.94. The summed E-state index contributed by atoms with van der Waals surface area (Å²) in [5.41, 5.74) is 2.56. The van der Waals surface area contributed by atoms with E-state index in [1.165, 1.54) is 12.1 Å². The first-order valence-electron chi connectivity index (χ1n) is 8.73. The third kappa shape index (κ3) is 2.63. The normalized spacial score (nSPS) is 16.3. The van der Waals surface area contributed by atoms with Gasteiger partial charge in [-0.1, -0.05) is 23.4 Å². The molecule has 0 fully saturated rings. The molecule has 1 aliphatic heterocycles. The van der Waals surface area contributed by atoms with Gasteiger partial charge in [0.1, 0.15) is 23.4 Å². The third-order valence-corrected chi connectivity index (χ3v) is 4.95. The summed E-state index contributed by atoms with van der Waals surface area (Å²) in [7, 11) is 0. The van der Waals surface area contributed by atoms with Gasteiger partial charge >= 0.3 is 0 Å². The smallest absolute Gasteiger partial charge is 0.255 e. The maximum Gasteiger partial charge on any atom is 0.255 e. The van der Waals surface area contributed by atoms with Gasteiger partial charge in [0.15, 0.2) is 5.76 Å². The molecule has 0 bridgehead atoms. The molecule has 6 heteroatoms. The van der Waals surface area contributed by atoms with Crippen molar-refractivity contribution in [2.45, 2.75) is 32.9 Å². The van der Waals surface area contributed by atoms with Crippen LogP contribution < -0.4 is 0 Å². The summed E-state index contributed by atoms with van der Waals surface area (Å²) in [4.78, 5) is 14.6. The van der Waals surface area contributed by atoms with Gasteiger partial charge in [-0.25, -0.2) is 8.78 Å². The highest BCUT2D eigenvalue weighted by atomic mass is 19.1. The molecule has 4 rings (SSSR count). The Balaban J connectivity index is 1.86. The molecule has 3 aromatic rings. The van der Waals surface area contributed by atoms with E-state index in [2.05, 4.69) is 5.16 Å². The Labute approximate surface area is 155 Å². The second-order valence-electron chi connectivity index (χ2n) is 6.94. The summed E-state index contributed by atoms with van der Waals surface area (Å²) < 4.78 is 33.1. The van der Waals surface area contributed by atoms with Crippen LogP contribution >= 0.6 is 0 Å². The Morgan fingerprint density at radius 2 is 1.85 bits per heavy atom. The first kappa shape index (κ1) is 17.4. The van der Waals surface area contributed by atoms with Crippen molar-refractivity contribution in [2.75, 3.05) is 0 Å². The van der Waals surface area contributed by atoms with E-state index >= 15 is 0 Å². The van der Waals surface area contributed by atoms with E-state index in [1.54, 1.807) is 17.9 Å². The fourth-order valence-corrected chi connectivity index (χ4v) is 3.67. The van der Waals surface area contributed by atoms with Crippen LogP contribution in [0.15, 0.2) is 47.0 Å². The first-order valence-corrected chi connectivity index (χ1v) is 8.73. The van der Waals surface area contributed by atoms with Crippen LogP contribution in [0.4, 0.5) is 8.78 Å². The summed E-state index contributed by atoms with van der Waals surface area (Å²) in [6, 6.07) is 10.2. The number of benzene rings is 2. The van der Waals surface area contributed by atoms with Crippen molar-refractivity contribution in [3.8, 4) is 11.3 Å². The van der Waals surface area contributed by atoms with Gasteiger partial charge in [-0.3, -0.25) is 4.79 Å². The molecule has 0 saturated heterocycles. The van der Waals surface area contributed by atoms with Crippen LogP contribution in [0.5, 0.6) is 0 Å². The standard InChI is InChI=1S/C21H18F2N2O2/c1-11(2)25-19(14-6-4-5-7-15(14)21(25)26)20-12(3)18(24-27-20)16-9-8-13(22)10-17(16)23/h4-11,19H,1-3H3. The van der Waals surface area contributed by atoms with Gasteiger partial charge < -0.3 is 9.42 Å². The molecule has 2 heterocycles. The molecular formula is C21H18F2N2O2. The van der Waals surface area contributed by atoms with E-state index in [0.29, 0.717) is 22.6 Å². The van der Waals surface area contributed by atoms with Crippen LogP contribution in [0.25, 0.3) is 11.3 Å². The summed E-state index contributed by atoms with van der Waals surface area (Å²) in [5.74, 6) is -0.947. The Hall–Kier alpha value is -3.02. The minimum absolute atomic E-state index is 0.0644. The van der Waals surface area contributed by atoms with Crippen molar-refractivity contribution < 1.29 is 18.1 Å². The summed E-state index contributed by atoms with van der Waals surface area (Å²) in [6.45, 7) is 5.64. The van der Waals surface area contributed by atoms with E-state index in [1.807, 2.05) is 32.0 Å². The molecule has 1 unspecified atom stereocenters. The van der Waals surface area contributed by atoms with Gasteiger partial charge in [0.2, 0.25) is 0 Å². The van der Waals surface area contributed by atoms with E-state index in [9.17, 15) is 13.6 Å². The van der Waals surface area contributed by atoms with Crippen molar-refractivity contribution in [1.82, 2.24) is 10.1 Å². The highest BCUT2D eigenvalue weighted by Crippen LogP contribution is 2.42. The number of carbonyl (C=O) groups is 1. The number of aromatic nitrogens is 1. The van der Waals surface area contributed by atoms with E-state index in [0.717, 1.165) is 11.6 Å². The van der Waals surface area contributed by atoms with E-state index in [-0.39, 0.29) is 17.5 Å². The van der Waals surface area contributed by atoms with Crippen molar-refractivity contribution in [3.63, 3.8) is 0 Å². The van der Waals surface area contributed by atoms with Gasteiger partial charge in [0, 0.05) is 28.8 Å². The number of halogens is 2. The summed E-state index contributed by atoms with van der Waals surface area (Å²) >= 11 is 0. The second kappa shape index (κ2) is 6.30. The van der Waals surface area contributed by atoms with Crippen molar-refractivity contribution in [3.05, 3.63) is 76.5 Å². The maximum absolute atomic E-state index is 14.2. The number of carbonyl (C=O) groups excluding carboxylic acids is 1. The van der Waals surface area contributed by atoms with Crippen LogP contribution in [0.3, 0.4) is 0 Å². The highest BCUT2D eigenvalue weighted by Gasteiger charge is 2.42. The van der Waals surface area contributed by atoms with Crippen LogP contribution in [0.1, 0.15) is 47.1 Å². The molecule has 1 atom stereocenters. The van der Waals surface area contributed by atoms with Gasteiger partial charge in [-0.15, -0.1) is 0 Å². The Morgan fingerprint density at radius 3 is 2.56 bits per heavy atom. The van der Waals surface area contributed by atoms with Crippen LogP contribution in [0, 0.1) is 18.6 Å². The number of rotatable bonds is 3. The molecule has 0 spiro atoms. The minimum Gasteiger partial charge on any atom is -0.358 e. The average Bonchev–Trinajstić information content (AvgIpc) is 3.13. The fraction of sp³-hybridized carbons (Fsp3) is 0.238. The third-order valence-electron chi connectivity index (χ3n) is 4.95. The van der Waals surface area contributed by atoms with Gasteiger partial charge in [-0.2, -0.15) is 0 Å². The number of nitrogens with zero attached hydrogens (tertiary/aromatic N) is 2. The predicted octanol–water partition coefficient (Wildman–Crippen LogP) is 4.88. The molecular weight excluding hydrogens is 350 g/mol. The lowest BCUT2D eigenvalue weighted by molar-refractivity contribution is 0.0670. The van der Waals surface area contributed by atoms with Crippen LogP contribution in [0.2, 0.25) is 0 Å². The number of hydrogen-bond donors (Lipinski definition) is 0. The van der Waals surface area contributed by atoms with Gasteiger partial charge in [0.05, 0.1) is 0 Å². The molecule has 138 valence electrons. The molecule has 0 aliphatic carbocycles. The fourth-order valence-electron chi connectivity index (χ4n) is 3.67. The lowest BCUT2D eigenvalue weighted by atomic mass is 9.98. The maximum atomic E-state index is 14.2. The summed E-state index contributed by atoms with van der Waals surface area (Å²) in [6.07, 6.45) is 0. The summed E-state index contributed by atoms with van der Waals surface area (Å²) in [5, 5.41) is 4.04. The minimum atomic E-state index is -0.707. The van der Waals surface area contributed by atoms with Crippen molar-refractivity contribution in [2.24, 2.45) is 0 Å².